The van der Waals surface area contributed by atoms with Crippen LogP contribution in [0.25, 0.3) is 21.5 Å². The van der Waals surface area contributed by atoms with Crippen LogP contribution in [0.15, 0.2) is 167 Å². The van der Waals surface area contributed by atoms with Crippen LogP contribution < -0.4 is 24.8 Å². The van der Waals surface area contributed by atoms with Crippen molar-refractivity contribution in [2.75, 3.05) is 0 Å². The summed E-state index contributed by atoms with van der Waals surface area (Å²) in [5.41, 5.74) is 2.76. The smallest absolute Gasteiger partial charge is 1.00 e. The Morgan fingerprint density at radius 3 is 1.63 bits per heavy atom. The molecule has 306 valence electrons. The molecule has 2 fully saturated rings. The Kier molecular flexibility index (Phi) is 10.7. The third-order valence-corrected chi connectivity index (χ3v) is 27.9. The van der Waals surface area contributed by atoms with Crippen molar-refractivity contribution in [2.45, 2.75) is 65.4 Å². The summed E-state index contributed by atoms with van der Waals surface area (Å²) in [7, 11) is 0. The number of halogens is 4. The first-order chi connectivity index (χ1) is 27.6. The minimum atomic E-state index is -3.34. The number of allylic oxidation sites excluding steroid dienone is 16. The minimum Gasteiger partial charge on any atom is -1.00 e. The summed E-state index contributed by atoms with van der Waals surface area (Å²) in [6.07, 6.45) is 35.8. The van der Waals surface area contributed by atoms with Gasteiger partial charge in [0, 0.05) is 0 Å². The largest absolute Gasteiger partial charge is 1.00 e. The van der Waals surface area contributed by atoms with Crippen LogP contribution in [0.4, 0.5) is 0 Å². The standard InChI is InChI=1S/C29H37.C21H12Cl2.C5H5.2ClH.Zr/c1-21-14-13-15-22-20-27(6)25(4)18-10-9-16-23(25,2)24(3)17-11-12-19-26(24,5)29(27,8)28(21,22)7;22-18-10-14-5-1-3-7-20(14)16(12-18)9-17-13-19(23)11-15-6-2-4-8-21(15)17;1-2-4-5-3-1;;;/h9-20,22H,1-8H3;1-8,10-13H;1-3H,4H2;2*1H;/q;;;;;+2/p-2. The minimum absolute atomic E-state index is 0. The Balaban J connectivity index is 0.00000249. The molecule has 0 nitrogen and oxygen atoms in total. The molecule has 6 aliphatic rings. The molecule has 4 aromatic rings. The molecule has 0 spiro atoms. The van der Waals surface area contributed by atoms with E-state index in [1.807, 2.05) is 0 Å². The van der Waals surface area contributed by atoms with Crippen LogP contribution in [0.5, 0.6) is 0 Å². The van der Waals surface area contributed by atoms with Crippen LogP contribution in [0.2, 0.25) is 13.7 Å². The Hall–Kier alpha value is -2.77. The first-order valence-corrected chi connectivity index (χ1v) is 25.8. The summed E-state index contributed by atoms with van der Waals surface area (Å²) < 4.78 is 3.52. The fourth-order valence-corrected chi connectivity index (χ4v) is 26.6. The average Bonchev–Trinajstić information content (AvgIpc) is 3.80. The number of fused-ring (bicyclic) bond motifs is 10. The maximum atomic E-state index is 7.29. The number of rotatable bonds is 4. The van der Waals surface area contributed by atoms with Crippen LogP contribution in [0, 0.1) is 43.8 Å². The molecule has 0 saturated heterocycles. The Labute approximate surface area is 388 Å². The number of hydrogen-bond donors (Lipinski definition) is 0. The van der Waals surface area contributed by atoms with E-state index in [1.165, 1.54) is 41.5 Å². The van der Waals surface area contributed by atoms with E-state index in [9.17, 15) is 0 Å². The molecule has 0 bridgehead atoms. The van der Waals surface area contributed by atoms with Gasteiger partial charge in [-0.2, -0.15) is 0 Å². The second-order valence-electron chi connectivity index (χ2n) is 19.5. The van der Waals surface area contributed by atoms with Gasteiger partial charge in [-0.25, -0.2) is 0 Å². The second-order valence-corrected chi connectivity index (χ2v) is 26.7. The predicted molar refractivity (Wildman–Crippen MR) is 246 cm³/mol. The first-order valence-electron chi connectivity index (χ1n) is 21.2. The molecule has 0 radical (unpaired) electrons. The van der Waals surface area contributed by atoms with Crippen molar-refractivity contribution in [1.82, 2.24) is 0 Å². The summed E-state index contributed by atoms with van der Waals surface area (Å²) in [6.45, 7) is 21.2. The zero-order valence-electron chi connectivity index (χ0n) is 35.9. The fourth-order valence-electron chi connectivity index (χ4n) is 14.8. The molecule has 9 atom stereocenters. The Morgan fingerprint density at radius 1 is 0.600 bits per heavy atom. The van der Waals surface area contributed by atoms with E-state index in [-0.39, 0.29) is 62.7 Å². The molecule has 10 rings (SSSR count). The topological polar surface area (TPSA) is 0 Å². The van der Waals surface area contributed by atoms with Crippen molar-refractivity contribution < 1.29 is 46.1 Å². The van der Waals surface area contributed by atoms with E-state index in [2.05, 4.69) is 213 Å². The van der Waals surface area contributed by atoms with Crippen molar-refractivity contribution in [3.63, 3.8) is 0 Å². The molecular formula is C55H54Cl4Zr. The third kappa shape index (κ3) is 5.06. The van der Waals surface area contributed by atoms with Crippen LogP contribution in [0.3, 0.4) is 0 Å². The van der Waals surface area contributed by atoms with Gasteiger partial charge in [0.25, 0.3) is 0 Å². The van der Waals surface area contributed by atoms with E-state index in [4.69, 9.17) is 23.2 Å². The summed E-state index contributed by atoms with van der Waals surface area (Å²) in [5, 5.41) is 6.45. The van der Waals surface area contributed by atoms with Gasteiger partial charge in [-0.3, -0.25) is 0 Å². The van der Waals surface area contributed by atoms with Gasteiger partial charge in [-0.05, 0) is 0 Å². The first kappa shape index (κ1) is 43.9. The van der Waals surface area contributed by atoms with Crippen molar-refractivity contribution >= 4 is 48.0 Å². The van der Waals surface area contributed by atoms with Crippen molar-refractivity contribution in [1.29, 1.82) is 0 Å². The molecule has 6 aliphatic carbocycles. The molecule has 2 saturated carbocycles. The zero-order chi connectivity index (χ0) is 40.7. The van der Waals surface area contributed by atoms with Gasteiger partial charge in [-0.15, -0.1) is 0 Å². The predicted octanol–water partition coefficient (Wildman–Crippen LogP) is 9.58. The number of benzene rings is 4. The summed E-state index contributed by atoms with van der Waals surface area (Å²) >= 11 is 11.2. The maximum absolute atomic E-state index is 7.29. The van der Waals surface area contributed by atoms with E-state index < -0.39 is 21.3 Å². The molecule has 0 amide bonds. The van der Waals surface area contributed by atoms with E-state index in [0.29, 0.717) is 9.54 Å². The number of hydrogen-bond acceptors (Lipinski definition) is 0. The van der Waals surface area contributed by atoms with Crippen molar-refractivity contribution in [3.8, 4) is 0 Å². The molecule has 5 heteroatoms. The summed E-state index contributed by atoms with van der Waals surface area (Å²) in [5.74, 6) is 0.299. The van der Waals surface area contributed by atoms with Crippen molar-refractivity contribution in [3.05, 3.63) is 188 Å². The second kappa shape index (κ2) is 14.6. The van der Waals surface area contributed by atoms with E-state index in [0.717, 1.165) is 16.5 Å². The van der Waals surface area contributed by atoms with Gasteiger partial charge >= 0.3 is 366 Å². The zero-order valence-corrected chi connectivity index (χ0v) is 41.4. The van der Waals surface area contributed by atoms with E-state index in [1.54, 1.807) is 3.28 Å². The van der Waals surface area contributed by atoms with Gasteiger partial charge in [0.1, 0.15) is 0 Å². The molecule has 0 heterocycles. The van der Waals surface area contributed by atoms with Gasteiger partial charge in [0.15, 0.2) is 0 Å². The SMILES string of the molecule is CC1=CC=CC2[CH]([Zr+2]([C]3=CC=CC3)=[C](c3cc(Cl)cc4ccccc34)c3cc(Cl)cc4ccccc34)C3(C)C4(C)C=CC=CC4(C)C4(C)C=CC=CC4(C)C3(C)C12C.[Cl-].[Cl-]. The van der Waals surface area contributed by atoms with Gasteiger partial charge < -0.3 is 24.8 Å². The van der Waals surface area contributed by atoms with Gasteiger partial charge in [0.05, 0.1) is 0 Å². The van der Waals surface area contributed by atoms with Crippen LogP contribution in [-0.4, -0.2) is 3.21 Å². The molecule has 0 aromatic heterocycles. The van der Waals surface area contributed by atoms with Crippen LogP contribution in [0.1, 0.15) is 72.9 Å². The Bertz CT molecular complexity index is 2690. The molecule has 60 heavy (non-hydrogen) atoms. The summed E-state index contributed by atoms with van der Waals surface area (Å²) in [6, 6.07) is 26.7. The average molecular weight is 948 g/mol. The van der Waals surface area contributed by atoms with E-state index >= 15 is 0 Å². The molecule has 9 unspecified atom stereocenters. The molecule has 0 aliphatic heterocycles. The van der Waals surface area contributed by atoms with Crippen molar-refractivity contribution in [2.24, 2.45) is 43.8 Å². The van der Waals surface area contributed by atoms with Crippen LogP contribution >= 0.6 is 23.2 Å². The summed E-state index contributed by atoms with van der Waals surface area (Å²) in [4.78, 5) is 0. The third-order valence-electron chi connectivity index (χ3n) is 18.4. The maximum Gasteiger partial charge on any atom is -1.00 e. The van der Waals surface area contributed by atoms with Gasteiger partial charge in [0.2, 0.25) is 0 Å². The van der Waals surface area contributed by atoms with Crippen LogP contribution in [-0.2, 0) is 21.3 Å². The monoisotopic (exact) mass is 944 g/mol. The Morgan fingerprint density at radius 2 is 1.10 bits per heavy atom. The van der Waals surface area contributed by atoms with Gasteiger partial charge in [-0.1, -0.05) is 0 Å². The normalized spacial score (nSPS) is 36.3. The quantitative estimate of drug-likeness (QED) is 0.191. The molecule has 4 aromatic carbocycles. The fraction of sp³-hybridized carbons (Fsp3) is 0.327. The molecular weight excluding hydrogens is 894 g/mol. The molecule has 0 N–H and O–H groups in total.